The van der Waals surface area contributed by atoms with E-state index in [1.807, 2.05) is 0 Å². The number of ether oxygens (including phenoxy) is 2. The number of methoxy groups -OCH3 is 1. The van der Waals surface area contributed by atoms with Crippen LogP contribution in [0, 0.1) is 13.8 Å². The second-order valence-corrected chi connectivity index (χ2v) is 4.49. The van der Waals surface area contributed by atoms with E-state index in [1.165, 1.54) is 16.7 Å². The lowest BCUT2D eigenvalue weighted by molar-refractivity contribution is -0.141. The van der Waals surface area contributed by atoms with Crippen LogP contribution in [0.4, 0.5) is 0 Å². The fourth-order valence-electron chi connectivity index (χ4n) is 2.24. The Labute approximate surface area is 91.2 Å². The van der Waals surface area contributed by atoms with Crippen LogP contribution >= 0.6 is 0 Å². The monoisotopic (exact) mass is 206 g/mol. The van der Waals surface area contributed by atoms with Crippen LogP contribution in [0.5, 0.6) is 5.75 Å². The Bertz CT molecular complexity index is 378. The molecule has 1 aromatic carbocycles. The first-order valence-corrected chi connectivity index (χ1v) is 5.36. The van der Waals surface area contributed by atoms with Crippen molar-refractivity contribution in [1.29, 1.82) is 0 Å². The predicted molar refractivity (Wildman–Crippen MR) is 60.4 cm³/mol. The summed E-state index contributed by atoms with van der Waals surface area (Å²) in [5.41, 5.74) is 3.50. The van der Waals surface area contributed by atoms with E-state index in [0.717, 1.165) is 18.8 Å². The molecule has 0 bridgehead atoms. The molecule has 0 aromatic heterocycles. The largest absolute Gasteiger partial charge is 0.496 e. The molecule has 82 valence electrons. The Morgan fingerprint density at radius 2 is 2.00 bits per heavy atom. The van der Waals surface area contributed by atoms with Gasteiger partial charge in [0.2, 0.25) is 0 Å². The molecule has 1 unspecified atom stereocenters. The summed E-state index contributed by atoms with van der Waals surface area (Å²) in [6.45, 7) is 7.18. The van der Waals surface area contributed by atoms with E-state index in [1.54, 1.807) is 7.11 Å². The molecule has 2 heteroatoms. The second-order valence-electron chi connectivity index (χ2n) is 4.49. The summed E-state index contributed by atoms with van der Waals surface area (Å²) in [4.78, 5) is 0. The minimum absolute atomic E-state index is 0.137. The Morgan fingerprint density at radius 1 is 1.33 bits per heavy atom. The lowest BCUT2D eigenvalue weighted by atomic mass is 9.86. The van der Waals surface area contributed by atoms with Crippen LogP contribution in [-0.2, 0) is 10.3 Å². The first-order chi connectivity index (χ1) is 7.07. The van der Waals surface area contributed by atoms with Gasteiger partial charge in [-0.3, -0.25) is 0 Å². The quantitative estimate of drug-likeness (QED) is 0.740. The molecule has 0 radical (unpaired) electrons. The van der Waals surface area contributed by atoms with Crippen LogP contribution in [0.1, 0.15) is 30.0 Å². The van der Waals surface area contributed by atoms with Gasteiger partial charge >= 0.3 is 0 Å². The van der Waals surface area contributed by atoms with Gasteiger partial charge in [0.05, 0.1) is 19.3 Å². The Balaban J connectivity index is 2.53. The Kier molecular flexibility index (Phi) is 2.47. The van der Waals surface area contributed by atoms with Gasteiger partial charge in [-0.25, -0.2) is 0 Å². The van der Waals surface area contributed by atoms with Gasteiger partial charge in [-0.15, -0.1) is 0 Å². The van der Waals surface area contributed by atoms with Crippen molar-refractivity contribution in [2.24, 2.45) is 0 Å². The lowest BCUT2D eigenvalue weighted by Gasteiger charge is -2.40. The van der Waals surface area contributed by atoms with Crippen LogP contribution in [0.25, 0.3) is 0 Å². The van der Waals surface area contributed by atoms with E-state index >= 15 is 0 Å². The zero-order valence-corrected chi connectivity index (χ0v) is 9.89. The van der Waals surface area contributed by atoms with Gasteiger partial charge < -0.3 is 9.47 Å². The molecule has 1 aliphatic heterocycles. The van der Waals surface area contributed by atoms with Crippen molar-refractivity contribution in [3.8, 4) is 5.75 Å². The van der Waals surface area contributed by atoms with Crippen molar-refractivity contribution in [2.75, 3.05) is 13.7 Å². The van der Waals surface area contributed by atoms with E-state index in [2.05, 4.69) is 32.9 Å². The molecule has 15 heavy (non-hydrogen) atoms. The van der Waals surface area contributed by atoms with E-state index in [0.29, 0.717) is 0 Å². The van der Waals surface area contributed by atoms with Crippen molar-refractivity contribution >= 4 is 0 Å². The molecule has 1 aliphatic rings. The van der Waals surface area contributed by atoms with Crippen LogP contribution < -0.4 is 4.74 Å². The Morgan fingerprint density at radius 3 is 2.47 bits per heavy atom. The third-order valence-corrected chi connectivity index (χ3v) is 3.19. The summed E-state index contributed by atoms with van der Waals surface area (Å²) in [5, 5.41) is 0. The molecular formula is C13H18O2. The molecule has 1 atom stereocenters. The summed E-state index contributed by atoms with van der Waals surface area (Å²) < 4.78 is 11.1. The minimum Gasteiger partial charge on any atom is -0.496 e. The number of rotatable bonds is 2. The highest BCUT2D eigenvalue weighted by molar-refractivity contribution is 5.47. The number of aryl methyl sites for hydroxylation is 2. The maximum Gasteiger partial charge on any atom is 0.127 e. The minimum atomic E-state index is -0.137. The van der Waals surface area contributed by atoms with Crippen LogP contribution in [-0.4, -0.2) is 13.7 Å². The Hall–Kier alpha value is -1.02. The molecule has 1 heterocycles. The van der Waals surface area contributed by atoms with Gasteiger partial charge in [0, 0.05) is 12.0 Å². The molecule has 0 saturated carbocycles. The molecule has 0 spiro atoms. The first kappa shape index (κ1) is 10.5. The van der Waals surface area contributed by atoms with Crippen molar-refractivity contribution < 1.29 is 9.47 Å². The molecule has 2 rings (SSSR count). The SMILES string of the molecule is COc1c(C)cc(C)cc1C1(C)CCO1. The van der Waals surface area contributed by atoms with Crippen molar-refractivity contribution in [3.05, 3.63) is 28.8 Å². The molecular weight excluding hydrogens is 188 g/mol. The van der Waals surface area contributed by atoms with E-state index in [9.17, 15) is 0 Å². The normalized spacial score (nSPS) is 24.8. The zero-order chi connectivity index (χ0) is 11.1. The van der Waals surface area contributed by atoms with E-state index < -0.39 is 0 Å². The second kappa shape index (κ2) is 3.53. The topological polar surface area (TPSA) is 18.5 Å². The average molecular weight is 206 g/mol. The summed E-state index contributed by atoms with van der Waals surface area (Å²) in [7, 11) is 1.73. The highest BCUT2D eigenvalue weighted by atomic mass is 16.5. The maximum atomic E-state index is 5.68. The van der Waals surface area contributed by atoms with Crippen molar-refractivity contribution in [1.82, 2.24) is 0 Å². The van der Waals surface area contributed by atoms with Gasteiger partial charge in [0.15, 0.2) is 0 Å². The average Bonchev–Trinajstić information content (AvgIpc) is 2.13. The molecule has 1 saturated heterocycles. The van der Waals surface area contributed by atoms with E-state index in [4.69, 9.17) is 9.47 Å². The van der Waals surface area contributed by atoms with E-state index in [-0.39, 0.29) is 5.60 Å². The summed E-state index contributed by atoms with van der Waals surface area (Å²) in [5.74, 6) is 0.975. The molecule has 2 nitrogen and oxygen atoms in total. The van der Waals surface area contributed by atoms with Gasteiger partial charge in [-0.1, -0.05) is 11.6 Å². The summed E-state index contributed by atoms with van der Waals surface area (Å²) in [6, 6.07) is 4.31. The summed E-state index contributed by atoms with van der Waals surface area (Å²) in [6.07, 6.45) is 1.08. The van der Waals surface area contributed by atoms with Crippen LogP contribution in [0.2, 0.25) is 0 Å². The van der Waals surface area contributed by atoms with Gasteiger partial charge in [0.25, 0.3) is 0 Å². The third kappa shape index (κ3) is 1.63. The number of hydrogen-bond donors (Lipinski definition) is 0. The highest BCUT2D eigenvalue weighted by Gasteiger charge is 2.37. The molecule has 1 aromatic rings. The number of benzene rings is 1. The summed E-state index contributed by atoms with van der Waals surface area (Å²) >= 11 is 0. The molecule has 0 N–H and O–H groups in total. The predicted octanol–water partition coefficient (Wildman–Crippen LogP) is 2.95. The zero-order valence-electron chi connectivity index (χ0n) is 9.89. The molecule has 0 aliphatic carbocycles. The maximum absolute atomic E-state index is 5.68. The van der Waals surface area contributed by atoms with Crippen molar-refractivity contribution in [2.45, 2.75) is 32.8 Å². The molecule has 1 fully saturated rings. The first-order valence-electron chi connectivity index (χ1n) is 5.36. The van der Waals surface area contributed by atoms with Gasteiger partial charge in [-0.05, 0) is 32.4 Å². The smallest absolute Gasteiger partial charge is 0.127 e. The third-order valence-electron chi connectivity index (χ3n) is 3.19. The van der Waals surface area contributed by atoms with Crippen LogP contribution in [0.3, 0.4) is 0 Å². The van der Waals surface area contributed by atoms with Gasteiger partial charge in [-0.2, -0.15) is 0 Å². The molecule has 0 amide bonds. The standard InChI is InChI=1S/C13H18O2/c1-9-7-10(2)12(14-4)11(8-9)13(3)5-6-15-13/h7-8H,5-6H2,1-4H3. The van der Waals surface area contributed by atoms with Gasteiger partial charge in [0.1, 0.15) is 5.75 Å². The highest BCUT2D eigenvalue weighted by Crippen LogP contribution is 2.43. The lowest BCUT2D eigenvalue weighted by Crippen LogP contribution is -2.38. The fraction of sp³-hybridized carbons (Fsp3) is 0.538. The van der Waals surface area contributed by atoms with Crippen molar-refractivity contribution in [3.63, 3.8) is 0 Å². The number of hydrogen-bond acceptors (Lipinski definition) is 2. The fourth-order valence-corrected chi connectivity index (χ4v) is 2.24. The van der Waals surface area contributed by atoms with Crippen LogP contribution in [0.15, 0.2) is 12.1 Å².